The van der Waals surface area contributed by atoms with E-state index in [0.29, 0.717) is 18.4 Å². The second-order valence-electron chi connectivity index (χ2n) is 8.43. The number of aliphatic carboxylic acids is 1. The van der Waals surface area contributed by atoms with Crippen LogP contribution in [0.5, 0.6) is 0 Å². The highest BCUT2D eigenvalue weighted by atomic mass is 32.2. The van der Waals surface area contributed by atoms with E-state index in [1.54, 1.807) is 30.3 Å². The Kier molecular flexibility index (Phi) is 6.05. The number of hydrogen-bond donors (Lipinski definition) is 2. The number of fused-ring (bicyclic) bond motifs is 1. The molecule has 2 N–H and O–H groups in total. The van der Waals surface area contributed by atoms with Crippen LogP contribution < -0.4 is 4.72 Å². The number of hydrogen-bond acceptors (Lipinski definition) is 4. The SMILES string of the molecule is CS(=O)(=O)NC1CCCCC1N1C(=O)c2ccccc2C(C(=O)O)C1c1ccccc1F. The van der Waals surface area contributed by atoms with Crippen LogP contribution in [0.3, 0.4) is 0 Å². The minimum Gasteiger partial charge on any atom is -0.481 e. The number of benzene rings is 2. The summed E-state index contributed by atoms with van der Waals surface area (Å²) < 4.78 is 41.6. The van der Waals surface area contributed by atoms with Gasteiger partial charge in [0.05, 0.1) is 12.3 Å². The van der Waals surface area contributed by atoms with E-state index in [2.05, 4.69) is 4.72 Å². The van der Waals surface area contributed by atoms with Crippen LogP contribution >= 0.6 is 0 Å². The summed E-state index contributed by atoms with van der Waals surface area (Å²) in [7, 11) is -3.57. The lowest BCUT2D eigenvalue weighted by atomic mass is 9.77. The fourth-order valence-electron chi connectivity index (χ4n) is 5.09. The molecule has 0 saturated heterocycles. The van der Waals surface area contributed by atoms with E-state index >= 15 is 0 Å². The van der Waals surface area contributed by atoms with E-state index in [9.17, 15) is 27.5 Å². The minimum atomic E-state index is -3.57. The number of nitrogens with one attached hydrogen (secondary N) is 1. The highest BCUT2D eigenvalue weighted by Crippen LogP contribution is 2.46. The van der Waals surface area contributed by atoms with Crippen LogP contribution in [0.25, 0.3) is 0 Å². The van der Waals surface area contributed by atoms with Crippen molar-refractivity contribution >= 4 is 21.9 Å². The predicted octanol–water partition coefficient (Wildman–Crippen LogP) is 3.05. The second kappa shape index (κ2) is 8.63. The fraction of sp³-hybridized carbons (Fsp3) is 0.391. The van der Waals surface area contributed by atoms with E-state index in [4.69, 9.17) is 0 Å². The number of nitrogens with zero attached hydrogens (tertiary/aromatic N) is 1. The largest absolute Gasteiger partial charge is 0.481 e. The van der Waals surface area contributed by atoms with Gasteiger partial charge < -0.3 is 10.0 Å². The standard InChI is InChI=1S/C23H25FN2O5S/c1-32(30,31)25-18-12-6-7-13-19(18)26-21(16-10-4-5-11-17(16)24)20(23(28)29)14-8-2-3-9-15(14)22(26)27/h2-5,8-11,18-21,25H,6-7,12-13H2,1H3,(H,28,29). The Hall–Kier alpha value is -2.78. The van der Waals surface area contributed by atoms with Gasteiger partial charge >= 0.3 is 5.97 Å². The van der Waals surface area contributed by atoms with Crippen molar-refractivity contribution in [1.29, 1.82) is 0 Å². The molecule has 1 aliphatic carbocycles. The normalized spacial score (nSPS) is 25.9. The maximum absolute atomic E-state index is 15.0. The van der Waals surface area contributed by atoms with Gasteiger partial charge in [0, 0.05) is 23.2 Å². The van der Waals surface area contributed by atoms with Crippen LogP contribution in [0.1, 0.15) is 59.1 Å². The smallest absolute Gasteiger partial charge is 0.313 e. The van der Waals surface area contributed by atoms with Gasteiger partial charge in [0.1, 0.15) is 11.7 Å². The molecule has 9 heteroatoms. The van der Waals surface area contributed by atoms with Crippen molar-refractivity contribution in [3.63, 3.8) is 0 Å². The van der Waals surface area contributed by atoms with Crippen molar-refractivity contribution < 1.29 is 27.5 Å². The number of halogens is 1. The lowest BCUT2D eigenvalue weighted by molar-refractivity contribution is -0.141. The summed E-state index contributed by atoms with van der Waals surface area (Å²) in [4.78, 5) is 27.6. The molecule has 1 saturated carbocycles. The van der Waals surface area contributed by atoms with Gasteiger partial charge in [-0.25, -0.2) is 17.5 Å². The van der Waals surface area contributed by atoms with Crippen molar-refractivity contribution in [1.82, 2.24) is 9.62 Å². The Morgan fingerprint density at radius 3 is 2.34 bits per heavy atom. The monoisotopic (exact) mass is 460 g/mol. The molecule has 0 spiro atoms. The summed E-state index contributed by atoms with van der Waals surface area (Å²) in [6, 6.07) is 10.0. The Labute approximate surface area is 186 Å². The number of carboxylic acids is 1. The van der Waals surface area contributed by atoms with Crippen molar-refractivity contribution in [2.45, 2.75) is 49.7 Å². The summed E-state index contributed by atoms with van der Waals surface area (Å²) in [6.45, 7) is 0. The lowest BCUT2D eigenvalue weighted by Gasteiger charge is -2.48. The van der Waals surface area contributed by atoms with E-state index in [1.165, 1.54) is 23.1 Å². The summed E-state index contributed by atoms with van der Waals surface area (Å²) in [5.74, 6) is -3.39. The number of carboxylic acid groups (broad SMARTS) is 1. The molecule has 32 heavy (non-hydrogen) atoms. The Bertz CT molecular complexity index is 1150. The van der Waals surface area contributed by atoms with Crippen LogP contribution in [-0.2, 0) is 14.8 Å². The Morgan fingerprint density at radius 2 is 1.69 bits per heavy atom. The summed E-state index contributed by atoms with van der Waals surface area (Å²) in [6.07, 6.45) is 3.57. The summed E-state index contributed by atoms with van der Waals surface area (Å²) in [5, 5.41) is 10.2. The van der Waals surface area contributed by atoms with Gasteiger partial charge in [0.2, 0.25) is 10.0 Å². The topological polar surface area (TPSA) is 104 Å². The molecule has 0 aromatic heterocycles. The number of carbonyl (C=O) groups excluding carboxylic acids is 1. The third-order valence-electron chi connectivity index (χ3n) is 6.32. The first-order valence-electron chi connectivity index (χ1n) is 10.5. The Morgan fingerprint density at radius 1 is 1.06 bits per heavy atom. The van der Waals surface area contributed by atoms with Gasteiger partial charge in [-0.1, -0.05) is 49.2 Å². The number of carbonyl (C=O) groups is 2. The van der Waals surface area contributed by atoms with Crippen LogP contribution in [0.4, 0.5) is 4.39 Å². The number of sulfonamides is 1. The third-order valence-corrected chi connectivity index (χ3v) is 7.05. The molecule has 2 aromatic rings. The third kappa shape index (κ3) is 4.14. The van der Waals surface area contributed by atoms with Gasteiger partial charge in [-0.2, -0.15) is 0 Å². The Balaban J connectivity index is 1.92. The van der Waals surface area contributed by atoms with Gasteiger partial charge in [0.15, 0.2) is 0 Å². The minimum absolute atomic E-state index is 0.103. The zero-order valence-electron chi connectivity index (χ0n) is 17.6. The van der Waals surface area contributed by atoms with Crippen LogP contribution in [-0.4, -0.2) is 48.6 Å². The first-order chi connectivity index (χ1) is 15.2. The number of amides is 1. The lowest BCUT2D eigenvalue weighted by Crippen LogP contribution is -2.58. The van der Waals surface area contributed by atoms with Crippen molar-refractivity contribution in [2.75, 3.05) is 6.26 Å². The fourth-order valence-corrected chi connectivity index (χ4v) is 5.91. The zero-order chi connectivity index (χ0) is 23.0. The molecule has 2 aromatic carbocycles. The zero-order valence-corrected chi connectivity index (χ0v) is 18.4. The predicted molar refractivity (Wildman–Crippen MR) is 116 cm³/mol. The molecule has 1 aliphatic heterocycles. The summed E-state index contributed by atoms with van der Waals surface area (Å²) in [5.41, 5.74) is 0.681. The van der Waals surface area contributed by atoms with Crippen molar-refractivity contribution in [3.8, 4) is 0 Å². The molecule has 4 rings (SSSR count). The van der Waals surface area contributed by atoms with E-state index in [-0.39, 0.29) is 11.1 Å². The highest BCUT2D eigenvalue weighted by molar-refractivity contribution is 7.88. The molecule has 4 unspecified atom stereocenters. The van der Waals surface area contributed by atoms with Crippen molar-refractivity contribution in [2.24, 2.45) is 0 Å². The van der Waals surface area contributed by atoms with E-state index in [0.717, 1.165) is 19.1 Å². The van der Waals surface area contributed by atoms with Gasteiger partial charge in [-0.3, -0.25) is 9.59 Å². The molecular weight excluding hydrogens is 435 g/mol. The average Bonchev–Trinajstić information content (AvgIpc) is 2.73. The van der Waals surface area contributed by atoms with Crippen LogP contribution in [0.15, 0.2) is 48.5 Å². The second-order valence-corrected chi connectivity index (χ2v) is 10.2. The highest BCUT2D eigenvalue weighted by Gasteiger charge is 2.49. The summed E-state index contributed by atoms with van der Waals surface area (Å²) >= 11 is 0. The molecule has 2 aliphatic rings. The quantitative estimate of drug-likeness (QED) is 0.714. The van der Waals surface area contributed by atoms with Gasteiger partial charge in [0.25, 0.3) is 5.91 Å². The molecule has 4 atom stereocenters. The number of rotatable bonds is 5. The molecule has 170 valence electrons. The first-order valence-corrected chi connectivity index (χ1v) is 12.4. The average molecular weight is 461 g/mol. The molecule has 1 fully saturated rings. The van der Waals surface area contributed by atoms with E-state index in [1.807, 2.05) is 0 Å². The molecule has 0 bridgehead atoms. The molecule has 1 heterocycles. The van der Waals surface area contributed by atoms with Gasteiger partial charge in [-0.15, -0.1) is 0 Å². The van der Waals surface area contributed by atoms with Crippen LogP contribution in [0.2, 0.25) is 0 Å². The molecular formula is C23H25FN2O5S. The van der Waals surface area contributed by atoms with Gasteiger partial charge in [-0.05, 0) is 30.5 Å². The molecule has 7 nitrogen and oxygen atoms in total. The maximum Gasteiger partial charge on any atom is 0.313 e. The van der Waals surface area contributed by atoms with E-state index < -0.39 is 51.8 Å². The van der Waals surface area contributed by atoms with Crippen LogP contribution in [0, 0.1) is 5.82 Å². The maximum atomic E-state index is 15.0. The molecule has 0 radical (unpaired) electrons. The molecule has 1 amide bonds. The first kappa shape index (κ1) is 22.4. The van der Waals surface area contributed by atoms with Crippen molar-refractivity contribution in [3.05, 3.63) is 71.0 Å².